The monoisotopic (exact) mass is 243 g/mol. The van der Waals surface area contributed by atoms with E-state index in [1.54, 1.807) is 0 Å². The molecule has 3 nitrogen and oxygen atoms in total. The first-order chi connectivity index (χ1) is 8.11. The van der Waals surface area contributed by atoms with E-state index in [9.17, 15) is 8.78 Å². The quantitative estimate of drug-likeness (QED) is 0.859. The molecule has 5 heteroatoms. The Labute approximate surface area is 98.5 Å². The highest BCUT2D eigenvalue weighted by molar-refractivity contribution is 5.28. The summed E-state index contributed by atoms with van der Waals surface area (Å²) in [6.45, 7) is 2.74. The van der Waals surface area contributed by atoms with Gasteiger partial charge in [-0.2, -0.15) is 0 Å². The summed E-state index contributed by atoms with van der Waals surface area (Å²) in [6.07, 6.45) is -0.430. The first-order valence-electron chi connectivity index (χ1n) is 5.50. The van der Waals surface area contributed by atoms with Crippen LogP contribution in [0, 0.1) is 18.6 Å². The molecule has 1 fully saturated rings. The fourth-order valence-corrected chi connectivity index (χ4v) is 1.83. The number of ether oxygens (including phenoxy) is 2. The van der Waals surface area contributed by atoms with Crippen molar-refractivity contribution in [3.05, 3.63) is 34.9 Å². The molecule has 94 valence electrons. The van der Waals surface area contributed by atoms with Gasteiger partial charge >= 0.3 is 0 Å². The molecule has 1 aliphatic heterocycles. The third-order valence-corrected chi connectivity index (χ3v) is 2.91. The fraction of sp³-hybridized carbons (Fsp3) is 0.500. The molecular weight excluding hydrogens is 228 g/mol. The highest BCUT2D eigenvalue weighted by Gasteiger charge is 2.27. The Morgan fingerprint density at radius 3 is 2.71 bits per heavy atom. The Morgan fingerprint density at radius 2 is 2.06 bits per heavy atom. The van der Waals surface area contributed by atoms with E-state index in [1.165, 1.54) is 19.1 Å². The normalized spacial score (nSPS) is 22.5. The minimum Gasteiger partial charge on any atom is -0.376 e. The summed E-state index contributed by atoms with van der Waals surface area (Å²) in [5, 5.41) is 0. The van der Waals surface area contributed by atoms with Crippen molar-refractivity contribution in [1.82, 2.24) is 0 Å². The molecule has 2 unspecified atom stereocenters. The number of rotatable bonds is 2. The van der Waals surface area contributed by atoms with Gasteiger partial charge in [-0.05, 0) is 12.5 Å². The van der Waals surface area contributed by atoms with Crippen LogP contribution in [-0.4, -0.2) is 25.9 Å². The Hall–Kier alpha value is -1.04. The highest BCUT2D eigenvalue weighted by atomic mass is 19.2. The van der Waals surface area contributed by atoms with Crippen molar-refractivity contribution in [2.45, 2.75) is 19.1 Å². The summed E-state index contributed by atoms with van der Waals surface area (Å²) < 4.78 is 37.7. The van der Waals surface area contributed by atoms with E-state index in [0.717, 1.165) is 0 Å². The topological polar surface area (TPSA) is 44.5 Å². The third kappa shape index (κ3) is 2.46. The molecule has 1 aliphatic rings. The average Bonchev–Trinajstić information content (AvgIpc) is 2.36. The molecule has 1 heterocycles. The van der Waals surface area contributed by atoms with E-state index in [1.807, 2.05) is 0 Å². The summed E-state index contributed by atoms with van der Waals surface area (Å²) in [4.78, 5) is 0. The van der Waals surface area contributed by atoms with Crippen LogP contribution in [0.3, 0.4) is 0 Å². The van der Waals surface area contributed by atoms with Crippen LogP contribution in [0.4, 0.5) is 8.78 Å². The van der Waals surface area contributed by atoms with Crippen molar-refractivity contribution >= 4 is 0 Å². The predicted molar refractivity (Wildman–Crippen MR) is 58.6 cm³/mol. The first-order valence-corrected chi connectivity index (χ1v) is 5.50. The molecule has 0 amide bonds. The number of hydrogen-bond acceptors (Lipinski definition) is 3. The molecule has 17 heavy (non-hydrogen) atoms. The van der Waals surface area contributed by atoms with Gasteiger partial charge in [0, 0.05) is 5.56 Å². The lowest BCUT2D eigenvalue weighted by molar-refractivity contribution is -0.0979. The van der Waals surface area contributed by atoms with Crippen molar-refractivity contribution in [2.24, 2.45) is 5.73 Å². The predicted octanol–water partition coefficient (Wildman–Crippen LogP) is 1.69. The number of halogens is 2. The second kappa shape index (κ2) is 5.08. The molecule has 1 saturated heterocycles. The minimum atomic E-state index is -0.897. The lowest BCUT2D eigenvalue weighted by Crippen LogP contribution is -2.38. The Balaban J connectivity index is 2.24. The van der Waals surface area contributed by atoms with Gasteiger partial charge in [0.15, 0.2) is 11.6 Å². The molecule has 0 saturated carbocycles. The van der Waals surface area contributed by atoms with Crippen LogP contribution in [0.15, 0.2) is 12.1 Å². The van der Waals surface area contributed by atoms with Gasteiger partial charge in [-0.15, -0.1) is 0 Å². The van der Waals surface area contributed by atoms with Crippen molar-refractivity contribution in [3.63, 3.8) is 0 Å². The second-order valence-electron chi connectivity index (χ2n) is 4.11. The van der Waals surface area contributed by atoms with Crippen LogP contribution in [0.5, 0.6) is 0 Å². The van der Waals surface area contributed by atoms with Crippen LogP contribution < -0.4 is 5.73 Å². The molecule has 0 spiro atoms. The minimum absolute atomic E-state index is 0.128. The van der Waals surface area contributed by atoms with E-state index < -0.39 is 23.8 Å². The SMILES string of the molecule is Cc1ccc(C(N)C2COCCO2)c(F)c1F. The van der Waals surface area contributed by atoms with Crippen LogP contribution in [-0.2, 0) is 9.47 Å². The van der Waals surface area contributed by atoms with Crippen LogP contribution in [0.2, 0.25) is 0 Å². The zero-order valence-electron chi connectivity index (χ0n) is 9.58. The summed E-state index contributed by atoms with van der Waals surface area (Å²) in [5.74, 6) is -1.75. The number of benzene rings is 1. The average molecular weight is 243 g/mol. The van der Waals surface area contributed by atoms with Crippen molar-refractivity contribution < 1.29 is 18.3 Å². The number of aryl methyl sites for hydroxylation is 1. The maximum atomic E-state index is 13.7. The smallest absolute Gasteiger partial charge is 0.163 e. The van der Waals surface area contributed by atoms with E-state index in [-0.39, 0.29) is 11.1 Å². The highest BCUT2D eigenvalue weighted by Crippen LogP contribution is 2.24. The molecule has 1 aromatic carbocycles. The van der Waals surface area contributed by atoms with E-state index in [4.69, 9.17) is 15.2 Å². The maximum Gasteiger partial charge on any atom is 0.163 e. The molecule has 0 radical (unpaired) electrons. The summed E-state index contributed by atoms with van der Waals surface area (Å²) in [5.41, 5.74) is 6.27. The van der Waals surface area contributed by atoms with Crippen LogP contribution in [0.25, 0.3) is 0 Å². The molecule has 0 bridgehead atoms. The van der Waals surface area contributed by atoms with Crippen molar-refractivity contribution in [3.8, 4) is 0 Å². The number of nitrogens with two attached hydrogens (primary N) is 1. The van der Waals surface area contributed by atoms with Crippen LogP contribution >= 0.6 is 0 Å². The van der Waals surface area contributed by atoms with E-state index in [2.05, 4.69) is 0 Å². The van der Waals surface area contributed by atoms with Gasteiger partial charge in [-0.3, -0.25) is 0 Å². The van der Waals surface area contributed by atoms with Gasteiger partial charge in [-0.1, -0.05) is 12.1 Å². The van der Waals surface area contributed by atoms with Gasteiger partial charge in [0.25, 0.3) is 0 Å². The standard InChI is InChI=1S/C12H15F2NO2/c1-7-2-3-8(11(14)10(7)13)12(15)9-6-16-4-5-17-9/h2-3,9,12H,4-6,15H2,1H3. The molecule has 1 aromatic rings. The summed E-state index contributed by atoms with van der Waals surface area (Å²) >= 11 is 0. The Bertz CT molecular complexity index is 406. The van der Waals surface area contributed by atoms with Crippen LogP contribution in [0.1, 0.15) is 17.2 Å². The third-order valence-electron chi connectivity index (χ3n) is 2.91. The van der Waals surface area contributed by atoms with Crippen molar-refractivity contribution in [2.75, 3.05) is 19.8 Å². The molecule has 0 aliphatic carbocycles. The van der Waals surface area contributed by atoms with E-state index in [0.29, 0.717) is 19.8 Å². The van der Waals surface area contributed by atoms with Gasteiger partial charge < -0.3 is 15.2 Å². The second-order valence-corrected chi connectivity index (χ2v) is 4.11. The first kappa shape index (κ1) is 12.4. The molecule has 2 rings (SSSR count). The van der Waals surface area contributed by atoms with Gasteiger partial charge in [-0.25, -0.2) is 8.78 Å². The zero-order chi connectivity index (χ0) is 12.4. The lowest BCUT2D eigenvalue weighted by Gasteiger charge is -2.28. The fourth-order valence-electron chi connectivity index (χ4n) is 1.83. The van der Waals surface area contributed by atoms with Gasteiger partial charge in [0.2, 0.25) is 0 Å². The van der Waals surface area contributed by atoms with Crippen molar-refractivity contribution in [1.29, 1.82) is 0 Å². The molecule has 2 N–H and O–H groups in total. The molecular formula is C12H15F2NO2. The molecule has 0 aromatic heterocycles. The van der Waals surface area contributed by atoms with Gasteiger partial charge in [0.1, 0.15) is 6.10 Å². The summed E-state index contributed by atoms with van der Waals surface area (Å²) in [7, 11) is 0. The van der Waals surface area contributed by atoms with Gasteiger partial charge in [0.05, 0.1) is 25.9 Å². The largest absolute Gasteiger partial charge is 0.376 e. The Morgan fingerprint density at radius 1 is 1.29 bits per heavy atom. The number of hydrogen-bond donors (Lipinski definition) is 1. The summed E-state index contributed by atoms with van der Waals surface area (Å²) in [6, 6.07) is 2.29. The zero-order valence-corrected chi connectivity index (χ0v) is 9.58. The lowest BCUT2D eigenvalue weighted by atomic mass is 10.00. The molecule has 2 atom stereocenters. The Kier molecular flexibility index (Phi) is 3.71. The maximum absolute atomic E-state index is 13.7. The van der Waals surface area contributed by atoms with E-state index >= 15 is 0 Å².